The molecule has 3 rings (SSSR count). The Kier molecular flexibility index (Phi) is 4.93. The molecule has 11 heteroatoms. The molecule has 144 valence electrons. The van der Waals surface area contributed by atoms with Crippen LogP contribution >= 0.6 is 0 Å². The smallest absolute Gasteiger partial charge is 0.451 e. The van der Waals surface area contributed by atoms with Crippen LogP contribution in [0.15, 0.2) is 29.1 Å². The van der Waals surface area contributed by atoms with Crippen molar-refractivity contribution in [3.05, 3.63) is 46.1 Å². The van der Waals surface area contributed by atoms with Crippen LogP contribution in [-0.4, -0.2) is 33.6 Å². The number of fused-ring (bicyclic) bond motifs is 1. The van der Waals surface area contributed by atoms with Gasteiger partial charge in [-0.2, -0.15) is 13.2 Å². The van der Waals surface area contributed by atoms with Crippen molar-refractivity contribution in [2.24, 2.45) is 7.05 Å². The summed E-state index contributed by atoms with van der Waals surface area (Å²) in [5.41, 5.74) is -0.197. The SMILES string of the molecule is Cn1c(C(F)(F)F)nn(CCNC(=O)C=Cc2ccc3c(c2)OCO3)c1=O. The van der Waals surface area contributed by atoms with Crippen LogP contribution in [0.1, 0.15) is 11.4 Å². The van der Waals surface area contributed by atoms with Crippen LogP contribution < -0.4 is 20.5 Å². The van der Waals surface area contributed by atoms with Crippen LogP contribution in [0.4, 0.5) is 13.2 Å². The summed E-state index contributed by atoms with van der Waals surface area (Å²) in [4.78, 5) is 23.5. The Balaban J connectivity index is 1.55. The van der Waals surface area contributed by atoms with Gasteiger partial charge in [0.25, 0.3) is 0 Å². The summed E-state index contributed by atoms with van der Waals surface area (Å²) in [5, 5.41) is 5.73. The van der Waals surface area contributed by atoms with Gasteiger partial charge in [-0.3, -0.25) is 9.36 Å². The van der Waals surface area contributed by atoms with E-state index < -0.39 is 23.6 Å². The van der Waals surface area contributed by atoms with E-state index in [1.54, 1.807) is 24.3 Å². The van der Waals surface area contributed by atoms with E-state index in [9.17, 15) is 22.8 Å². The molecule has 0 atom stereocenters. The molecule has 0 bridgehead atoms. The van der Waals surface area contributed by atoms with Crippen molar-refractivity contribution in [2.45, 2.75) is 12.7 Å². The first kappa shape index (κ1) is 18.5. The minimum atomic E-state index is -4.73. The lowest BCUT2D eigenvalue weighted by molar-refractivity contribution is -0.147. The third-order valence-corrected chi connectivity index (χ3v) is 3.74. The molecule has 1 N–H and O–H groups in total. The number of hydrogen-bond donors (Lipinski definition) is 1. The van der Waals surface area contributed by atoms with Gasteiger partial charge < -0.3 is 14.8 Å². The Bertz CT molecular complexity index is 946. The van der Waals surface area contributed by atoms with Crippen molar-refractivity contribution in [1.29, 1.82) is 0 Å². The van der Waals surface area contributed by atoms with Gasteiger partial charge in [0.05, 0.1) is 6.54 Å². The van der Waals surface area contributed by atoms with Crippen LogP contribution in [0.5, 0.6) is 11.5 Å². The summed E-state index contributed by atoms with van der Waals surface area (Å²) in [6.45, 7) is -0.100. The third kappa shape index (κ3) is 4.13. The first-order valence-electron chi connectivity index (χ1n) is 7.82. The summed E-state index contributed by atoms with van der Waals surface area (Å²) < 4.78 is 49.6. The van der Waals surface area contributed by atoms with Crippen LogP contribution in [0, 0.1) is 0 Å². The van der Waals surface area contributed by atoms with Crippen molar-refractivity contribution < 1.29 is 27.4 Å². The largest absolute Gasteiger partial charge is 0.454 e. The average molecular weight is 384 g/mol. The van der Waals surface area contributed by atoms with Gasteiger partial charge in [-0.25, -0.2) is 9.48 Å². The van der Waals surface area contributed by atoms with E-state index in [4.69, 9.17) is 9.47 Å². The number of nitrogens with one attached hydrogen (secondary N) is 1. The van der Waals surface area contributed by atoms with Gasteiger partial charge in [0, 0.05) is 19.7 Å². The first-order valence-corrected chi connectivity index (χ1v) is 7.82. The van der Waals surface area contributed by atoms with Crippen LogP contribution in [-0.2, 0) is 24.6 Å². The van der Waals surface area contributed by atoms with E-state index in [2.05, 4.69) is 10.4 Å². The molecular formula is C16H15F3N4O4. The molecule has 0 fully saturated rings. The topological polar surface area (TPSA) is 87.4 Å². The number of nitrogens with zero attached hydrogens (tertiary/aromatic N) is 3. The van der Waals surface area contributed by atoms with Gasteiger partial charge in [-0.15, -0.1) is 5.10 Å². The molecule has 0 unspecified atom stereocenters. The van der Waals surface area contributed by atoms with Crippen molar-refractivity contribution in [3.63, 3.8) is 0 Å². The number of hydrogen-bond acceptors (Lipinski definition) is 5. The van der Waals surface area contributed by atoms with Gasteiger partial charge in [-0.1, -0.05) is 6.07 Å². The number of amides is 1. The fraction of sp³-hybridized carbons (Fsp3) is 0.312. The van der Waals surface area contributed by atoms with Crippen molar-refractivity contribution >= 4 is 12.0 Å². The lowest BCUT2D eigenvalue weighted by atomic mass is 10.2. The number of aromatic nitrogens is 3. The lowest BCUT2D eigenvalue weighted by Crippen LogP contribution is -2.31. The number of benzene rings is 1. The molecule has 0 aliphatic carbocycles. The molecule has 0 saturated heterocycles. The molecule has 2 aromatic rings. The minimum absolute atomic E-state index is 0.0570. The number of carbonyl (C=O) groups excluding carboxylic acids is 1. The van der Waals surface area contributed by atoms with Crippen LogP contribution in [0.25, 0.3) is 6.08 Å². The van der Waals surface area contributed by atoms with Crippen molar-refractivity contribution in [3.8, 4) is 11.5 Å². The Hall–Kier alpha value is -3.24. The maximum atomic E-state index is 12.7. The summed E-state index contributed by atoms with van der Waals surface area (Å²) in [6, 6.07) is 5.16. The Morgan fingerprint density at radius 2 is 2.07 bits per heavy atom. The van der Waals surface area contributed by atoms with Gasteiger partial charge in [0.2, 0.25) is 18.5 Å². The van der Waals surface area contributed by atoms with Crippen molar-refractivity contribution in [1.82, 2.24) is 19.7 Å². The fourth-order valence-corrected chi connectivity index (χ4v) is 2.41. The van der Waals surface area contributed by atoms with E-state index in [1.165, 1.54) is 6.08 Å². The zero-order chi connectivity index (χ0) is 19.6. The van der Waals surface area contributed by atoms with Crippen LogP contribution in [0.3, 0.4) is 0 Å². The molecule has 1 aromatic carbocycles. The fourth-order valence-electron chi connectivity index (χ4n) is 2.41. The minimum Gasteiger partial charge on any atom is -0.454 e. The van der Waals surface area contributed by atoms with E-state index in [-0.39, 0.29) is 19.9 Å². The molecule has 2 heterocycles. The molecule has 0 spiro atoms. The number of ether oxygens (including phenoxy) is 2. The van der Waals surface area contributed by atoms with Gasteiger partial charge in [0.15, 0.2) is 11.5 Å². The average Bonchev–Trinajstić information content (AvgIpc) is 3.18. The van der Waals surface area contributed by atoms with Crippen LogP contribution in [0.2, 0.25) is 0 Å². The van der Waals surface area contributed by atoms with Gasteiger partial charge >= 0.3 is 11.9 Å². The number of halogens is 3. The lowest BCUT2D eigenvalue weighted by Gasteiger charge is -2.03. The monoisotopic (exact) mass is 384 g/mol. The molecule has 27 heavy (non-hydrogen) atoms. The quantitative estimate of drug-likeness (QED) is 0.782. The summed E-state index contributed by atoms with van der Waals surface area (Å²) in [6.07, 6.45) is -1.92. The molecule has 0 saturated carbocycles. The summed E-state index contributed by atoms with van der Waals surface area (Å²) in [7, 11) is 0.987. The highest BCUT2D eigenvalue weighted by Crippen LogP contribution is 2.32. The third-order valence-electron chi connectivity index (χ3n) is 3.74. The number of carbonyl (C=O) groups is 1. The molecule has 1 aromatic heterocycles. The second-order valence-corrected chi connectivity index (χ2v) is 5.62. The van der Waals surface area contributed by atoms with E-state index in [1.807, 2.05) is 0 Å². The molecule has 1 amide bonds. The molecule has 8 nitrogen and oxygen atoms in total. The maximum Gasteiger partial charge on any atom is 0.451 e. The molecule has 1 aliphatic heterocycles. The predicted octanol–water partition coefficient (Wildman–Crippen LogP) is 1.16. The predicted molar refractivity (Wildman–Crippen MR) is 87.1 cm³/mol. The Morgan fingerprint density at radius 1 is 1.33 bits per heavy atom. The van der Waals surface area contributed by atoms with E-state index >= 15 is 0 Å². The Labute approximate surface area is 150 Å². The molecule has 1 aliphatic rings. The Morgan fingerprint density at radius 3 is 2.78 bits per heavy atom. The van der Waals surface area contributed by atoms with Gasteiger partial charge in [0.1, 0.15) is 0 Å². The zero-order valence-electron chi connectivity index (χ0n) is 14.1. The molecular weight excluding hydrogens is 369 g/mol. The van der Waals surface area contributed by atoms with E-state index in [0.29, 0.717) is 26.3 Å². The first-order chi connectivity index (χ1) is 12.8. The zero-order valence-corrected chi connectivity index (χ0v) is 14.1. The highest BCUT2D eigenvalue weighted by atomic mass is 19.4. The second kappa shape index (κ2) is 7.17. The molecule has 0 radical (unpaired) electrons. The number of alkyl halides is 3. The van der Waals surface area contributed by atoms with Gasteiger partial charge in [-0.05, 0) is 23.8 Å². The highest BCUT2D eigenvalue weighted by molar-refractivity contribution is 5.91. The maximum absolute atomic E-state index is 12.7. The highest BCUT2D eigenvalue weighted by Gasteiger charge is 2.37. The van der Waals surface area contributed by atoms with Crippen molar-refractivity contribution in [2.75, 3.05) is 13.3 Å². The van der Waals surface area contributed by atoms with E-state index in [0.717, 1.165) is 7.05 Å². The normalized spacial score (nSPS) is 13.3. The summed E-state index contributed by atoms with van der Waals surface area (Å²) >= 11 is 0. The summed E-state index contributed by atoms with van der Waals surface area (Å²) in [5.74, 6) is -0.558. The second-order valence-electron chi connectivity index (χ2n) is 5.62. The standard InChI is InChI=1S/C16H15F3N4O4/c1-22-14(16(17,18)19)21-23(15(22)25)7-6-20-13(24)5-3-10-2-4-11-12(8-10)27-9-26-11/h2-5,8H,6-7,9H2,1H3,(H,20,24). The number of rotatable bonds is 5.